The minimum Gasteiger partial charge on any atom is -0.0843 e. The molecule has 0 nitrogen and oxygen atoms in total. The van der Waals surface area contributed by atoms with Crippen LogP contribution >= 0.6 is 11.6 Å². The summed E-state index contributed by atoms with van der Waals surface area (Å²) < 4.78 is 0. The first-order chi connectivity index (χ1) is 6.39. The monoisotopic (exact) mass is 210 g/mol. The van der Waals surface area contributed by atoms with Gasteiger partial charge in [0, 0.05) is 5.02 Å². The van der Waals surface area contributed by atoms with Gasteiger partial charge in [0.25, 0.3) is 0 Å². The van der Waals surface area contributed by atoms with Crippen LogP contribution in [0.1, 0.15) is 33.3 Å². The fourth-order valence-corrected chi connectivity index (χ4v) is 1.41. The molecule has 78 valence electrons. The van der Waals surface area contributed by atoms with Crippen molar-refractivity contribution in [3.05, 3.63) is 34.9 Å². The fourth-order valence-electron chi connectivity index (χ4n) is 1.28. The Morgan fingerprint density at radius 1 is 1.14 bits per heavy atom. The maximum atomic E-state index is 5.84. The van der Waals surface area contributed by atoms with Crippen molar-refractivity contribution in [3.63, 3.8) is 0 Å². The maximum Gasteiger partial charge on any atom is 0.0406 e. The van der Waals surface area contributed by atoms with Gasteiger partial charge in [-0.1, -0.05) is 51.4 Å². The van der Waals surface area contributed by atoms with Crippen LogP contribution in [0.15, 0.2) is 24.3 Å². The molecule has 1 aromatic rings. The second-order valence-corrected chi connectivity index (χ2v) is 5.53. The summed E-state index contributed by atoms with van der Waals surface area (Å²) in [4.78, 5) is 0. The smallest absolute Gasteiger partial charge is 0.0406 e. The molecule has 0 radical (unpaired) electrons. The molecule has 0 saturated carbocycles. The molecule has 1 heteroatoms. The lowest BCUT2D eigenvalue weighted by molar-refractivity contribution is 0.260. The topological polar surface area (TPSA) is 0 Å². The van der Waals surface area contributed by atoms with Crippen molar-refractivity contribution in [2.75, 3.05) is 0 Å². The van der Waals surface area contributed by atoms with E-state index in [4.69, 9.17) is 11.6 Å². The van der Waals surface area contributed by atoms with Gasteiger partial charge in [-0.3, -0.25) is 0 Å². The minimum absolute atomic E-state index is 0.375. The quantitative estimate of drug-likeness (QED) is 0.671. The van der Waals surface area contributed by atoms with Crippen molar-refractivity contribution in [3.8, 4) is 0 Å². The van der Waals surface area contributed by atoms with Crippen molar-refractivity contribution in [2.45, 2.75) is 34.1 Å². The Morgan fingerprint density at radius 3 is 2.07 bits per heavy atom. The molecule has 0 aliphatic carbocycles. The highest BCUT2D eigenvalue weighted by atomic mass is 35.5. The number of rotatable bonds is 2. The Kier molecular flexibility index (Phi) is 3.60. The van der Waals surface area contributed by atoms with Crippen molar-refractivity contribution < 1.29 is 0 Å². The predicted octanol–water partition coefficient (Wildman–Crippen LogP) is 4.56. The van der Waals surface area contributed by atoms with Crippen LogP contribution in [0.25, 0.3) is 0 Å². The molecule has 0 saturated heterocycles. The minimum atomic E-state index is 0.375. The molecule has 1 unspecified atom stereocenters. The molecule has 0 aromatic heterocycles. The summed E-state index contributed by atoms with van der Waals surface area (Å²) in [7, 11) is 0. The zero-order valence-corrected chi connectivity index (χ0v) is 10.2. The summed E-state index contributed by atoms with van der Waals surface area (Å²) in [5.41, 5.74) is 1.75. The van der Waals surface area contributed by atoms with Gasteiger partial charge < -0.3 is 0 Å². The van der Waals surface area contributed by atoms with Gasteiger partial charge in [-0.25, -0.2) is 0 Å². The molecular formula is C13H19Cl. The molecule has 0 heterocycles. The van der Waals surface area contributed by atoms with E-state index in [9.17, 15) is 0 Å². The number of benzene rings is 1. The molecule has 1 atom stereocenters. The maximum absolute atomic E-state index is 5.84. The molecule has 0 bridgehead atoms. The van der Waals surface area contributed by atoms with E-state index in [2.05, 4.69) is 39.8 Å². The van der Waals surface area contributed by atoms with Crippen LogP contribution in [-0.4, -0.2) is 0 Å². The van der Waals surface area contributed by atoms with Crippen molar-refractivity contribution in [1.29, 1.82) is 0 Å². The van der Waals surface area contributed by atoms with E-state index >= 15 is 0 Å². The van der Waals surface area contributed by atoms with Gasteiger partial charge in [0.05, 0.1) is 0 Å². The Balaban J connectivity index is 2.65. The molecule has 1 aromatic carbocycles. The van der Waals surface area contributed by atoms with E-state index in [1.54, 1.807) is 0 Å². The number of hydrogen-bond acceptors (Lipinski definition) is 0. The average molecular weight is 211 g/mol. The molecule has 0 amide bonds. The predicted molar refractivity (Wildman–Crippen MR) is 63.8 cm³/mol. The van der Waals surface area contributed by atoms with Gasteiger partial charge >= 0.3 is 0 Å². The van der Waals surface area contributed by atoms with E-state index in [-0.39, 0.29) is 0 Å². The fraction of sp³-hybridized carbons (Fsp3) is 0.538. The second-order valence-electron chi connectivity index (χ2n) is 5.10. The van der Waals surface area contributed by atoms with Gasteiger partial charge in [0.1, 0.15) is 0 Å². The van der Waals surface area contributed by atoms with Crippen LogP contribution in [0.2, 0.25) is 5.02 Å². The first kappa shape index (κ1) is 11.6. The van der Waals surface area contributed by atoms with Gasteiger partial charge in [0.15, 0.2) is 0 Å². The lowest BCUT2D eigenvalue weighted by Crippen LogP contribution is -2.19. The zero-order chi connectivity index (χ0) is 10.8. The van der Waals surface area contributed by atoms with Crippen molar-refractivity contribution >= 4 is 11.6 Å². The molecule has 0 N–H and O–H groups in total. The van der Waals surface area contributed by atoms with Crippen LogP contribution < -0.4 is 0 Å². The zero-order valence-electron chi connectivity index (χ0n) is 9.47. The number of halogens is 1. The van der Waals surface area contributed by atoms with Gasteiger partial charge in [0.2, 0.25) is 0 Å². The molecule has 14 heavy (non-hydrogen) atoms. The van der Waals surface area contributed by atoms with Crippen molar-refractivity contribution in [1.82, 2.24) is 0 Å². The SMILES string of the molecule is CC(Cc1ccc(Cl)cc1)C(C)(C)C. The van der Waals surface area contributed by atoms with Gasteiger partial charge in [-0.05, 0) is 35.4 Å². The largest absolute Gasteiger partial charge is 0.0843 e. The summed E-state index contributed by atoms with van der Waals surface area (Å²) >= 11 is 5.84. The van der Waals surface area contributed by atoms with Gasteiger partial charge in [-0.2, -0.15) is 0 Å². The lowest BCUT2D eigenvalue weighted by Gasteiger charge is -2.27. The summed E-state index contributed by atoms with van der Waals surface area (Å²) in [5, 5.41) is 0.817. The third-order valence-corrected chi connectivity index (χ3v) is 3.19. The Labute approximate surface area is 92.3 Å². The Hall–Kier alpha value is -0.490. The summed E-state index contributed by atoms with van der Waals surface area (Å²) in [6.07, 6.45) is 1.13. The van der Waals surface area contributed by atoms with Crippen LogP contribution in [0.3, 0.4) is 0 Å². The van der Waals surface area contributed by atoms with Crippen LogP contribution in [0.4, 0.5) is 0 Å². The number of hydrogen-bond donors (Lipinski definition) is 0. The van der Waals surface area contributed by atoms with Crippen LogP contribution in [0.5, 0.6) is 0 Å². The third-order valence-electron chi connectivity index (χ3n) is 2.93. The molecule has 0 aliphatic rings. The van der Waals surface area contributed by atoms with E-state index in [1.807, 2.05) is 12.1 Å². The molecule has 0 fully saturated rings. The highest BCUT2D eigenvalue weighted by Crippen LogP contribution is 2.28. The van der Waals surface area contributed by atoms with Crippen LogP contribution in [-0.2, 0) is 6.42 Å². The molecule has 0 aliphatic heterocycles. The van der Waals surface area contributed by atoms with E-state index in [0.29, 0.717) is 11.3 Å². The van der Waals surface area contributed by atoms with E-state index in [1.165, 1.54) is 5.56 Å². The summed E-state index contributed by atoms with van der Waals surface area (Å²) in [6, 6.07) is 8.16. The molecule has 0 spiro atoms. The Morgan fingerprint density at radius 2 is 1.64 bits per heavy atom. The average Bonchev–Trinajstić information content (AvgIpc) is 2.07. The standard InChI is InChI=1S/C13H19Cl/c1-10(13(2,3)4)9-11-5-7-12(14)8-6-11/h5-8,10H,9H2,1-4H3. The lowest BCUT2D eigenvalue weighted by atomic mass is 9.79. The van der Waals surface area contributed by atoms with E-state index < -0.39 is 0 Å². The van der Waals surface area contributed by atoms with Crippen LogP contribution in [0, 0.1) is 11.3 Å². The molecular weight excluding hydrogens is 192 g/mol. The molecule has 1 rings (SSSR count). The van der Waals surface area contributed by atoms with E-state index in [0.717, 1.165) is 11.4 Å². The van der Waals surface area contributed by atoms with Gasteiger partial charge in [-0.15, -0.1) is 0 Å². The highest BCUT2D eigenvalue weighted by Gasteiger charge is 2.19. The van der Waals surface area contributed by atoms with Crippen molar-refractivity contribution in [2.24, 2.45) is 11.3 Å². The summed E-state index contributed by atoms with van der Waals surface area (Å²) in [5.74, 6) is 0.684. The first-order valence-electron chi connectivity index (χ1n) is 5.14. The third kappa shape index (κ3) is 3.34. The second kappa shape index (κ2) is 4.35. The first-order valence-corrected chi connectivity index (χ1v) is 5.52. The highest BCUT2D eigenvalue weighted by molar-refractivity contribution is 6.30. The normalized spacial score (nSPS) is 14.1. The Bertz CT molecular complexity index is 279. The summed E-state index contributed by atoms with van der Waals surface area (Å²) in [6.45, 7) is 9.16.